The SMILES string of the molecule is COC/C(C)=N/SC. The van der Waals surface area contributed by atoms with Gasteiger partial charge in [0.25, 0.3) is 0 Å². The maximum absolute atomic E-state index is 4.81. The van der Waals surface area contributed by atoms with Gasteiger partial charge in [-0.1, -0.05) is 0 Å². The van der Waals surface area contributed by atoms with Crippen molar-refractivity contribution in [2.45, 2.75) is 6.92 Å². The highest BCUT2D eigenvalue weighted by molar-refractivity contribution is 7.97. The molecule has 3 heteroatoms. The van der Waals surface area contributed by atoms with Gasteiger partial charge in [-0.2, -0.15) is 0 Å². The first-order chi connectivity index (χ1) is 3.81. The van der Waals surface area contributed by atoms with Crippen LogP contribution in [0.25, 0.3) is 0 Å². The van der Waals surface area contributed by atoms with E-state index in [0.29, 0.717) is 6.61 Å². The molecular weight excluding hydrogens is 122 g/mol. The summed E-state index contributed by atoms with van der Waals surface area (Å²) < 4.78 is 8.83. The number of methoxy groups -OCH3 is 1. The molecule has 0 rings (SSSR count). The molecule has 0 aromatic heterocycles. The van der Waals surface area contributed by atoms with Crippen LogP contribution in [-0.2, 0) is 4.74 Å². The summed E-state index contributed by atoms with van der Waals surface area (Å²) in [4.78, 5) is 0. The lowest BCUT2D eigenvalue weighted by Gasteiger charge is -1.93. The van der Waals surface area contributed by atoms with Crippen LogP contribution in [0, 0.1) is 0 Å². The third-order valence-corrected chi connectivity index (χ3v) is 1.09. The molecule has 0 aromatic carbocycles. The second-order valence-corrected chi connectivity index (χ2v) is 1.99. The van der Waals surface area contributed by atoms with Crippen LogP contribution in [0.5, 0.6) is 0 Å². The van der Waals surface area contributed by atoms with Crippen molar-refractivity contribution in [2.24, 2.45) is 4.40 Å². The minimum Gasteiger partial charge on any atom is -0.379 e. The van der Waals surface area contributed by atoms with E-state index in [-0.39, 0.29) is 0 Å². The third-order valence-electron chi connectivity index (χ3n) is 0.600. The molecule has 0 bridgehead atoms. The first kappa shape index (κ1) is 7.98. The largest absolute Gasteiger partial charge is 0.379 e. The van der Waals surface area contributed by atoms with E-state index in [1.165, 1.54) is 11.9 Å². The van der Waals surface area contributed by atoms with E-state index < -0.39 is 0 Å². The molecular formula is C5H11NOS. The van der Waals surface area contributed by atoms with Crippen molar-refractivity contribution < 1.29 is 4.74 Å². The Morgan fingerprint density at radius 2 is 2.38 bits per heavy atom. The molecule has 0 aromatic rings. The summed E-state index contributed by atoms with van der Waals surface area (Å²) in [5.74, 6) is 0. The van der Waals surface area contributed by atoms with Gasteiger partial charge in [-0.15, -0.1) is 0 Å². The lowest BCUT2D eigenvalue weighted by molar-refractivity contribution is 0.245. The van der Waals surface area contributed by atoms with E-state index in [9.17, 15) is 0 Å². The van der Waals surface area contributed by atoms with Crippen molar-refractivity contribution in [1.29, 1.82) is 0 Å². The van der Waals surface area contributed by atoms with Gasteiger partial charge in [-0.3, -0.25) is 0 Å². The fourth-order valence-electron chi connectivity index (χ4n) is 0.391. The van der Waals surface area contributed by atoms with Crippen molar-refractivity contribution in [3.63, 3.8) is 0 Å². The summed E-state index contributed by atoms with van der Waals surface area (Å²) in [6.45, 7) is 2.58. The van der Waals surface area contributed by atoms with Gasteiger partial charge in [0, 0.05) is 19.1 Å². The predicted molar refractivity (Wildman–Crippen MR) is 38.5 cm³/mol. The highest BCUT2D eigenvalue weighted by Crippen LogP contribution is 1.93. The van der Waals surface area contributed by atoms with Crippen LogP contribution in [0.15, 0.2) is 4.40 Å². The normalized spacial score (nSPS) is 12.1. The average molecular weight is 133 g/mol. The molecule has 0 atom stereocenters. The second kappa shape index (κ2) is 5.12. The Morgan fingerprint density at radius 3 is 2.75 bits per heavy atom. The zero-order chi connectivity index (χ0) is 6.41. The van der Waals surface area contributed by atoms with E-state index >= 15 is 0 Å². The highest BCUT2D eigenvalue weighted by Gasteiger charge is 1.84. The lowest BCUT2D eigenvalue weighted by atomic mass is 10.5. The first-order valence-electron chi connectivity index (χ1n) is 2.36. The summed E-state index contributed by atoms with van der Waals surface area (Å²) in [5.41, 5.74) is 1.03. The number of ether oxygens (including phenoxy) is 1. The van der Waals surface area contributed by atoms with Crippen LogP contribution in [0.1, 0.15) is 6.92 Å². The molecule has 0 saturated heterocycles. The summed E-state index contributed by atoms with van der Waals surface area (Å²) in [7, 11) is 1.67. The Morgan fingerprint density at radius 1 is 1.75 bits per heavy atom. The minimum atomic E-state index is 0.640. The quantitative estimate of drug-likeness (QED) is 0.428. The molecule has 0 N–H and O–H groups in total. The maximum atomic E-state index is 4.81. The fraction of sp³-hybridized carbons (Fsp3) is 0.800. The topological polar surface area (TPSA) is 21.6 Å². The zero-order valence-corrected chi connectivity index (χ0v) is 6.29. The molecule has 48 valence electrons. The molecule has 0 heterocycles. The van der Waals surface area contributed by atoms with Gasteiger partial charge in [0.1, 0.15) is 0 Å². The van der Waals surface area contributed by atoms with Crippen LogP contribution < -0.4 is 0 Å². The monoisotopic (exact) mass is 133 g/mol. The standard InChI is InChI=1S/C5H11NOS/c1-5(4-7-2)6-8-3/h4H2,1-3H3/b6-5+. The van der Waals surface area contributed by atoms with Crippen molar-refractivity contribution in [3.05, 3.63) is 0 Å². The molecule has 0 aliphatic rings. The number of hydrogen-bond acceptors (Lipinski definition) is 3. The highest BCUT2D eigenvalue weighted by atomic mass is 32.2. The van der Waals surface area contributed by atoms with Crippen molar-refractivity contribution in [3.8, 4) is 0 Å². The van der Waals surface area contributed by atoms with Gasteiger partial charge in [0.15, 0.2) is 0 Å². The van der Waals surface area contributed by atoms with Crippen LogP contribution in [0.2, 0.25) is 0 Å². The van der Waals surface area contributed by atoms with Gasteiger partial charge in [-0.25, -0.2) is 4.40 Å². The van der Waals surface area contributed by atoms with Crippen LogP contribution >= 0.6 is 11.9 Å². The van der Waals surface area contributed by atoms with Crippen LogP contribution in [-0.4, -0.2) is 25.7 Å². The van der Waals surface area contributed by atoms with Crippen LogP contribution in [0.4, 0.5) is 0 Å². The molecule has 8 heavy (non-hydrogen) atoms. The average Bonchev–Trinajstić information content (AvgIpc) is 1.68. The van der Waals surface area contributed by atoms with Gasteiger partial charge in [0.2, 0.25) is 0 Å². The van der Waals surface area contributed by atoms with Gasteiger partial charge < -0.3 is 4.74 Å². The maximum Gasteiger partial charge on any atom is 0.0848 e. The molecule has 0 radical (unpaired) electrons. The summed E-state index contributed by atoms with van der Waals surface area (Å²) in [6, 6.07) is 0. The molecule has 0 aliphatic carbocycles. The molecule has 0 fully saturated rings. The zero-order valence-electron chi connectivity index (χ0n) is 5.47. The van der Waals surface area contributed by atoms with E-state index in [1.54, 1.807) is 7.11 Å². The lowest BCUT2D eigenvalue weighted by Crippen LogP contribution is -1.99. The summed E-state index contributed by atoms with van der Waals surface area (Å²) in [6.07, 6.45) is 1.93. The molecule has 0 unspecified atom stereocenters. The number of rotatable bonds is 3. The van der Waals surface area contributed by atoms with E-state index in [0.717, 1.165) is 5.71 Å². The Balaban J connectivity index is 3.29. The molecule has 0 aliphatic heterocycles. The fourth-order valence-corrected chi connectivity index (χ4v) is 0.755. The Bertz CT molecular complexity index is 82.5. The van der Waals surface area contributed by atoms with Crippen molar-refractivity contribution in [2.75, 3.05) is 20.0 Å². The van der Waals surface area contributed by atoms with Gasteiger partial charge in [0.05, 0.1) is 6.61 Å². The van der Waals surface area contributed by atoms with Crippen molar-refractivity contribution in [1.82, 2.24) is 0 Å². The van der Waals surface area contributed by atoms with Crippen molar-refractivity contribution >= 4 is 17.7 Å². The molecule has 0 saturated carbocycles. The number of hydrogen-bond donors (Lipinski definition) is 0. The Labute approximate surface area is 54.5 Å². The first-order valence-corrected chi connectivity index (χ1v) is 3.55. The van der Waals surface area contributed by atoms with Gasteiger partial charge in [-0.05, 0) is 18.9 Å². The van der Waals surface area contributed by atoms with Gasteiger partial charge >= 0.3 is 0 Å². The predicted octanol–water partition coefficient (Wildman–Crippen LogP) is 1.37. The Kier molecular flexibility index (Phi) is 5.11. The third kappa shape index (κ3) is 4.15. The smallest absolute Gasteiger partial charge is 0.0848 e. The summed E-state index contributed by atoms with van der Waals surface area (Å²) in [5, 5.41) is 0. The molecule has 0 amide bonds. The summed E-state index contributed by atoms with van der Waals surface area (Å²) >= 11 is 1.46. The van der Waals surface area contributed by atoms with E-state index in [1.807, 2.05) is 13.2 Å². The van der Waals surface area contributed by atoms with E-state index in [2.05, 4.69) is 4.40 Å². The molecule has 2 nitrogen and oxygen atoms in total. The van der Waals surface area contributed by atoms with E-state index in [4.69, 9.17) is 4.74 Å². The number of nitrogens with zero attached hydrogens (tertiary/aromatic N) is 1. The second-order valence-electron chi connectivity index (χ2n) is 1.44. The minimum absolute atomic E-state index is 0.640. The van der Waals surface area contributed by atoms with Crippen LogP contribution in [0.3, 0.4) is 0 Å². The Hall–Kier alpha value is -0.0200. The molecule has 0 spiro atoms.